The van der Waals surface area contributed by atoms with E-state index in [4.69, 9.17) is 44.3 Å². The average Bonchev–Trinajstić information content (AvgIpc) is 2.52. The van der Waals surface area contributed by atoms with Gasteiger partial charge in [0.1, 0.15) is 0 Å². The van der Waals surface area contributed by atoms with Gasteiger partial charge in [-0.05, 0) is 32.4 Å². The van der Waals surface area contributed by atoms with E-state index in [1.165, 1.54) is 19.2 Å². The molecule has 1 aromatic carbocycles. The Kier molecular flexibility index (Phi) is 6.47. The van der Waals surface area contributed by atoms with Crippen LogP contribution in [0.25, 0.3) is 0 Å². The van der Waals surface area contributed by atoms with Gasteiger partial charge in [0, 0.05) is 10.9 Å². The van der Waals surface area contributed by atoms with Crippen LogP contribution in [0.2, 0.25) is 15.1 Å². The van der Waals surface area contributed by atoms with Gasteiger partial charge < -0.3 is 14.2 Å². The third-order valence-corrected chi connectivity index (χ3v) is 5.45. The molecule has 0 bridgehead atoms. The van der Waals surface area contributed by atoms with E-state index in [9.17, 15) is 14.4 Å². The van der Waals surface area contributed by atoms with Crippen LogP contribution in [0.1, 0.15) is 44.0 Å². The topological polar surface area (TPSA) is 78.9 Å². The third-order valence-electron chi connectivity index (χ3n) is 4.63. The molecule has 1 heterocycles. The minimum absolute atomic E-state index is 0.0609. The molecule has 0 radical (unpaired) electrons. The molecule has 2 unspecified atom stereocenters. The minimum atomic E-state index is -1.62. The molecule has 0 saturated carbocycles. The Labute approximate surface area is 172 Å². The van der Waals surface area contributed by atoms with Crippen molar-refractivity contribution in [3.63, 3.8) is 0 Å². The fraction of sp³-hybridized carbons (Fsp3) is 0.500. The van der Waals surface area contributed by atoms with Gasteiger partial charge in [0.25, 0.3) is 0 Å². The molecule has 0 aromatic heterocycles. The first-order valence-corrected chi connectivity index (χ1v) is 9.30. The van der Waals surface area contributed by atoms with Gasteiger partial charge in [0.2, 0.25) is 0 Å². The number of carbonyl (C=O) groups is 3. The van der Waals surface area contributed by atoms with Crippen LogP contribution in [0.3, 0.4) is 0 Å². The van der Waals surface area contributed by atoms with Crippen molar-refractivity contribution in [2.45, 2.75) is 44.8 Å². The number of benzene rings is 1. The average molecular weight is 438 g/mol. The molecule has 2 rings (SSSR count). The molecule has 1 aliphatic rings. The molecule has 0 amide bonds. The van der Waals surface area contributed by atoms with E-state index in [1.54, 1.807) is 13.8 Å². The highest BCUT2D eigenvalue weighted by molar-refractivity contribution is 6.42. The summed E-state index contributed by atoms with van der Waals surface area (Å²) in [5.41, 5.74) is -2.48. The molecule has 0 aliphatic carbocycles. The summed E-state index contributed by atoms with van der Waals surface area (Å²) in [6.45, 7) is 5.43. The van der Waals surface area contributed by atoms with Crippen molar-refractivity contribution in [1.29, 1.82) is 0 Å². The Balaban J connectivity index is 2.32. The summed E-state index contributed by atoms with van der Waals surface area (Å²) in [5.74, 6) is -3.07. The third kappa shape index (κ3) is 4.09. The molecule has 0 N–H and O–H groups in total. The Morgan fingerprint density at radius 1 is 1.15 bits per heavy atom. The van der Waals surface area contributed by atoms with Gasteiger partial charge in [-0.3, -0.25) is 4.79 Å². The zero-order valence-corrected chi connectivity index (χ0v) is 17.5. The largest absolute Gasteiger partial charge is 0.469 e. The van der Waals surface area contributed by atoms with Gasteiger partial charge in [-0.1, -0.05) is 41.7 Å². The first kappa shape index (κ1) is 22.0. The van der Waals surface area contributed by atoms with Crippen molar-refractivity contribution in [3.8, 4) is 0 Å². The maximum absolute atomic E-state index is 12.8. The molecule has 1 aliphatic heterocycles. The number of rotatable bonds is 5. The number of hydrogen-bond donors (Lipinski definition) is 0. The number of methoxy groups -OCH3 is 1. The maximum atomic E-state index is 12.8. The molecule has 1 saturated heterocycles. The quantitative estimate of drug-likeness (QED) is 0.499. The molecule has 6 nitrogen and oxygen atoms in total. The fourth-order valence-electron chi connectivity index (χ4n) is 3.60. The highest BCUT2D eigenvalue weighted by Crippen LogP contribution is 2.51. The first-order valence-electron chi connectivity index (χ1n) is 8.16. The lowest BCUT2D eigenvalue weighted by Gasteiger charge is -2.57. The molecular formula is C18H19Cl3O6. The van der Waals surface area contributed by atoms with Gasteiger partial charge in [0.05, 0.1) is 34.7 Å². The second-order valence-electron chi connectivity index (χ2n) is 6.73. The highest BCUT2D eigenvalue weighted by atomic mass is 35.5. The fourth-order valence-corrected chi connectivity index (χ4v) is 4.57. The first-order chi connectivity index (χ1) is 12.5. The van der Waals surface area contributed by atoms with Crippen LogP contribution >= 0.6 is 34.8 Å². The second kappa shape index (κ2) is 7.95. The van der Waals surface area contributed by atoms with E-state index in [0.29, 0.717) is 6.42 Å². The Bertz CT molecular complexity index is 768. The number of ether oxygens (including phenoxy) is 3. The zero-order valence-electron chi connectivity index (χ0n) is 15.2. The van der Waals surface area contributed by atoms with E-state index in [0.717, 1.165) is 0 Å². The summed E-state index contributed by atoms with van der Waals surface area (Å²) in [6.07, 6.45) is 0.148. The number of carbonyl (C=O) groups excluding carboxylic acids is 3. The second-order valence-corrected chi connectivity index (χ2v) is 7.98. The van der Waals surface area contributed by atoms with Gasteiger partial charge in [-0.2, -0.15) is 0 Å². The monoisotopic (exact) mass is 436 g/mol. The molecule has 2 atom stereocenters. The van der Waals surface area contributed by atoms with E-state index >= 15 is 0 Å². The van der Waals surface area contributed by atoms with E-state index in [2.05, 4.69) is 4.74 Å². The molecule has 9 heteroatoms. The van der Waals surface area contributed by atoms with Crippen LogP contribution in [-0.2, 0) is 23.8 Å². The van der Waals surface area contributed by atoms with Crippen molar-refractivity contribution >= 4 is 52.7 Å². The minimum Gasteiger partial charge on any atom is -0.469 e. The zero-order chi connectivity index (χ0) is 20.6. The Hall–Kier alpha value is -1.34. The van der Waals surface area contributed by atoms with Gasteiger partial charge in [0.15, 0.2) is 5.60 Å². The van der Waals surface area contributed by atoms with Crippen LogP contribution in [0, 0.1) is 5.92 Å². The summed E-state index contributed by atoms with van der Waals surface area (Å²) >= 11 is 17.8. The molecule has 1 fully saturated rings. The molecule has 1 aromatic rings. The van der Waals surface area contributed by atoms with Crippen molar-refractivity contribution in [2.75, 3.05) is 7.11 Å². The van der Waals surface area contributed by atoms with Crippen molar-refractivity contribution in [1.82, 2.24) is 0 Å². The maximum Gasteiger partial charge on any atom is 0.348 e. The van der Waals surface area contributed by atoms with Crippen LogP contribution in [-0.4, -0.2) is 36.2 Å². The van der Waals surface area contributed by atoms with Gasteiger partial charge in [-0.15, -0.1) is 0 Å². The lowest BCUT2D eigenvalue weighted by Crippen LogP contribution is -2.70. The van der Waals surface area contributed by atoms with Crippen molar-refractivity contribution < 1.29 is 28.6 Å². The summed E-state index contributed by atoms with van der Waals surface area (Å²) < 4.78 is 15.4. The van der Waals surface area contributed by atoms with Gasteiger partial charge >= 0.3 is 17.9 Å². The predicted molar refractivity (Wildman–Crippen MR) is 100 cm³/mol. The molecular weight excluding hydrogens is 419 g/mol. The summed E-state index contributed by atoms with van der Waals surface area (Å²) in [4.78, 5) is 37.2. The van der Waals surface area contributed by atoms with E-state index in [-0.39, 0.29) is 33.0 Å². The highest BCUT2D eigenvalue weighted by Gasteiger charge is 2.66. The molecule has 148 valence electrons. The number of halogens is 3. The Morgan fingerprint density at radius 2 is 1.70 bits per heavy atom. The van der Waals surface area contributed by atoms with E-state index < -0.39 is 29.1 Å². The lowest BCUT2D eigenvalue weighted by atomic mass is 9.67. The van der Waals surface area contributed by atoms with Crippen molar-refractivity contribution in [2.24, 2.45) is 5.92 Å². The Morgan fingerprint density at radius 3 is 2.15 bits per heavy atom. The predicted octanol–water partition coefficient (Wildman–Crippen LogP) is 4.47. The van der Waals surface area contributed by atoms with Gasteiger partial charge in [-0.25, -0.2) is 9.59 Å². The lowest BCUT2D eigenvalue weighted by molar-refractivity contribution is -0.304. The van der Waals surface area contributed by atoms with Crippen LogP contribution in [0.15, 0.2) is 12.1 Å². The SMILES string of the molecule is CCC1C(C)(C)OC1(CC(=O)OC)C(=O)OC(=O)c1c(Cl)cc(Cl)cc1Cl. The number of hydrogen-bond acceptors (Lipinski definition) is 6. The summed E-state index contributed by atoms with van der Waals surface area (Å²) in [5, 5.41) is 0.105. The normalized spacial score (nSPS) is 23.3. The smallest absolute Gasteiger partial charge is 0.348 e. The summed E-state index contributed by atoms with van der Waals surface area (Å²) in [6, 6.07) is 2.61. The van der Waals surface area contributed by atoms with E-state index in [1.807, 2.05) is 6.92 Å². The van der Waals surface area contributed by atoms with Crippen LogP contribution in [0.5, 0.6) is 0 Å². The number of esters is 3. The molecule has 0 spiro atoms. The molecule has 27 heavy (non-hydrogen) atoms. The van der Waals surface area contributed by atoms with Crippen LogP contribution < -0.4 is 0 Å². The summed E-state index contributed by atoms with van der Waals surface area (Å²) in [7, 11) is 1.20. The standard InChI is InChI=1S/C18H19Cl3O6/c1-5-12-17(2,3)27-18(12,8-13(22)25-4)16(24)26-15(23)14-10(20)6-9(19)7-11(14)21/h6-7,12H,5,8H2,1-4H3. The van der Waals surface area contributed by atoms with Crippen LogP contribution in [0.4, 0.5) is 0 Å². The van der Waals surface area contributed by atoms with Crippen molar-refractivity contribution in [3.05, 3.63) is 32.8 Å².